The summed E-state index contributed by atoms with van der Waals surface area (Å²) in [5, 5.41) is 14.2. The SMILES string of the molecule is O=C(O)C1CCCN(CCON=C(c2ccccc2)c2ccccc2Cl)C1. The number of piperidine rings is 1. The highest BCUT2D eigenvalue weighted by atomic mass is 35.5. The van der Waals surface area contributed by atoms with Gasteiger partial charge in [-0.2, -0.15) is 0 Å². The largest absolute Gasteiger partial charge is 0.481 e. The lowest BCUT2D eigenvalue weighted by molar-refractivity contribution is -0.143. The summed E-state index contributed by atoms with van der Waals surface area (Å²) in [6, 6.07) is 17.3. The van der Waals surface area contributed by atoms with E-state index in [-0.39, 0.29) is 5.92 Å². The van der Waals surface area contributed by atoms with Gasteiger partial charge in [0.1, 0.15) is 12.3 Å². The van der Waals surface area contributed by atoms with Gasteiger partial charge in [0.05, 0.1) is 10.9 Å². The number of benzene rings is 2. The van der Waals surface area contributed by atoms with Crippen LogP contribution in [0.15, 0.2) is 59.8 Å². The van der Waals surface area contributed by atoms with Crippen molar-refractivity contribution in [2.45, 2.75) is 12.8 Å². The Kier molecular flexibility index (Phi) is 6.85. The van der Waals surface area contributed by atoms with Crippen molar-refractivity contribution in [3.05, 3.63) is 70.7 Å². The number of oxime groups is 1. The highest BCUT2D eigenvalue weighted by Crippen LogP contribution is 2.20. The Morgan fingerprint density at radius 2 is 1.93 bits per heavy atom. The monoisotopic (exact) mass is 386 g/mol. The fourth-order valence-electron chi connectivity index (χ4n) is 3.25. The van der Waals surface area contributed by atoms with E-state index in [4.69, 9.17) is 16.4 Å². The minimum Gasteiger partial charge on any atom is -0.481 e. The van der Waals surface area contributed by atoms with Gasteiger partial charge in [-0.05, 0) is 25.5 Å². The molecule has 3 rings (SSSR count). The van der Waals surface area contributed by atoms with Crippen LogP contribution in [-0.4, -0.2) is 47.9 Å². The van der Waals surface area contributed by atoms with E-state index < -0.39 is 5.97 Å². The van der Waals surface area contributed by atoms with Gasteiger partial charge in [-0.3, -0.25) is 9.69 Å². The Balaban J connectivity index is 1.66. The van der Waals surface area contributed by atoms with Crippen molar-refractivity contribution in [3.8, 4) is 0 Å². The molecule has 0 spiro atoms. The number of carboxylic acids is 1. The molecule has 1 unspecified atom stereocenters. The van der Waals surface area contributed by atoms with Gasteiger partial charge in [0.15, 0.2) is 0 Å². The van der Waals surface area contributed by atoms with Crippen LogP contribution >= 0.6 is 11.6 Å². The van der Waals surface area contributed by atoms with E-state index in [2.05, 4.69) is 10.1 Å². The zero-order valence-corrected chi connectivity index (χ0v) is 15.8. The number of likely N-dealkylation sites (tertiary alicyclic amines) is 1. The third-order valence-corrected chi connectivity index (χ3v) is 5.02. The summed E-state index contributed by atoms with van der Waals surface area (Å²) in [5.74, 6) is -1.01. The van der Waals surface area contributed by atoms with Gasteiger partial charge in [-0.25, -0.2) is 0 Å². The maximum Gasteiger partial charge on any atom is 0.307 e. The van der Waals surface area contributed by atoms with Crippen LogP contribution in [0.1, 0.15) is 24.0 Å². The molecule has 1 atom stereocenters. The molecule has 2 aromatic rings. The predicted octanol–water partition coefficient (Wildman–Crippen LogP) is 3.91. The normalized spacial score (nSPS) is 18.3. The number of aliphatic carboxylic acids is 1. The van der Waals surface area contributed by atoms with E-state index >= 15 is 0 Å². The van der Waals surface area contributed by atoms with E-state index in [0.29, 0.717) is 30.4 Å². The Bertz CT molecular complexity index is 795. The molecule has 0 radical (unpaired) electrons. The van der Waals surface area contributed by atoms with Crippen LogP contribution in [0.25, 0.3) is 0 Å². The maximum atomic E-state index is 11.2. The zero-order chi connectivity index (χ0) is 19.1. The fraction of sp³-hybridized carbons (Fsp3) is 0.333. The van der Waals surface area contributed by atoms with Crippen molar-refractivity contribution in [1.82, 2.24) is 4.90 Å². The summed E-state index contributed by atoms with van der Waals surface area (Å²) < 4.78 is 0. The number of hydrogen-bond acceptors (Lipinski definition) is 4. The Hall–Kier alpha value is -2.37. The average molecular weight is 387 g/mol. The van der Waals surface area contributed by atoms with Crippen LogP contribution in [0.2, 0.25) is 5.02 Å². The number of nitrogens with zero attached hydrogens (tertiary/aromatic N) is 2. The number of halogens is 1. The molecule has 1 fully saturated rings. The molecule has 1 aliphatic rings. The molecule has 0 saturated carbocycles. The molecule has 1 N–H and O–H groups in total. The summed E-state index contributed by atoms with van der Waals surface area (Å²) in [4.78, 5) is 18.9. The van der Waals surface area contributed by atoms with Crippen molar-refractivity contribution >= 4 is 23.3 Å². The van der Waals surface area contributed by atoms with Crippen molar-refractivity contribution in [3.63, 3.8) is 0 Å². The lowest BCUT2D eigenvalue weighted by atomic mass is 9.98. The predicted molar refractivity (Wildman–Crippen MR) is 106 cm³/mol. The molecule has 142 valence electrons. The fourth-order valence-corrected chi connectivity index (χ4v) is 3.47. The first-order valence-corrected chi connectivity index (χ1v) is 9.48. The molecule has 27 heavy (non-hydrogen) atoms. The van der Waals surface area contributed by atoms with E-state index in [1.807, 2.05) is 54.6 Å². The topological polar surface area (TPSA) is 62.1 Å². The first-order chi connectivity index (χ1) is 13.1. The van der Waals surface area contributed by atoms with Crippen LogP contribution in [-0.2, 0) is 9.63 Å². The Morgan fingerprint density at radius 1 is 1.19 bits per heavy atom. The first-order valence-electron chi connectivity index (χ1n) is 9.10. The van der Waals surface area contributed by atoms with Gasteiger partial charge >= 0.3 is 5.97 Å². The lowest BCUT2D eigenvalue weighted by Gasteiger charge is -2.29. The summed E-state index contributed by atoms with van der Waals surface area (Å²) in [5.41, 5.74) is 2.42. The second kappa shape index (κ2) is 9.53. The third-order valence-electron chi connectivity index (χ3n) is 4.69. The van der Waals surface area contributed by atoms with Crippen molar-refractivity contribution in [1.29, 1.82) is 0 Å². The maximum absolute atomic E-state index is 11.2. The molecule has 0 amide bonds. The van der Waals surface area contributed by atoms with Gasteiger partial charge in [-0.15, -0.1) is 0 Å². The van der Waals surface area contributed by atoms with E-state index in [1.165, 1.54) is 0 Å². The van der Waals surface area contributed by atoms with Gasteiger partial charge in [0.2, 0.25) is 0 Å². The van der Waals surface area contributed by atoms with Crippen LogP contribution in [0.3, 0.4) is 0 Å². The number of hydrogen-bond donors (Lipinski definition) is 1. The second-order valence-electron chi connectivity index (χ2n) is 6.60. The van der Waals surface area contributed by atoms with Crippen LogP contribution in [0.4, 0.5) is 0 Å². The molecule has 2 aromatic carbocycles. The molecular formula is C21H23ClN2O3. The standard InChI is InChI=1S/C21H23ClN2O3/c22-19-11-5-4-10-18(19)20(16-7-2-1-3-8-16)23-27-14-13-24-12-6-9-17(15-24)21(25)26/h1-5,7-8,10-11,17H,6,9,12-15H2,(H,25,26). The quantitative estimate of drug-likeness (QED) is 0.445. The molecule has 1 saturated heterocycles. The Labute approximate surface area is 164 Å². The molecule has 1 aliphatic heterocycles. The molecule has 6 heteroatoms. The summed E-state index contributed by atoms with van der Waals surface area (Å²) >= 11 is 6.35. The number of carboxylic acid groups (broad SMARTS) is 1. The average Bonchev–Trinajstić information content (AvgIpc) is 2.70. The van der Waals surface area contributed by atoms with Crippen LogP contribution < -0.4 is 0 Å². The van der Waals surface area contributed by atoms with E-state index in [9.17, 15) is 9.90 Å². The minimum absolute atomic E-state index is 0.287. The third kappa shape index (κ3) is 5.31. The number of carbonyl (C=O) groups is 1. The molecule has 1 heterocycles. The molecule has 0 aliphatic carbocycles. The van der Waals surface area contributed by atoms with Gasteiger partial charge in [-0.1, -0.05) is 65.3 Å². The summed E-state index contributed by atoms with van der Waals surface area (Å²) in [7, 11) is 0. The highest BCUT2D eigenvalue weighted by Gasteiger charge is 2.25. The summed E-state index contributed by atoms with van der Waals surface area (Å²) in [6.45, 7) is 2.51. The van der Waals surface area contributed by atoms with Gasteiger partial charge in [0.25, 0.3) is 0 Å². The molecule has 5 nitrogen and oxygen atoms in total. The highest BCUT2D eigenvalue weighted by molar-refractivity contribution is 6.35. The van der Waals surface area contributed by atoms with E-state index in [0.717, 1.165) is 30.5 Å². The first kappa shape index (κ1) is 19.4. The van der Waals surface area contributed by atoms with Gasteiger partial charge in [0, 0.05) is 24.2 Å². The van der Waals surface area contributed by atoms with Crippen LogP contribution in [0.5, 0.6) is 0 Å². The smallest absolute Gasteiger partial charge is 0.307 e. The Morgan fingerprint density at radius 3 is 2.67 bits per heavy atom. The molecular weight excluding hydrogens is 364 g/mol. The lowest BCUT2D eigenvalue weighted by Crippen LogP contribution is -2.40. The van der Waals surface area contributed by atoms with Crippen LogP contribution in [0, 0.1) is 5.92 Å². The minimum atomic E-state index is -0.719. The van der Waals surface area contributed by atoms with E-state index in [1.54, 1.807) is 0 Å². The van der Waals surface area contributed by atoms with Gasteiger partial charge < -0.3 is 9.94 Å². The van der Waals surface area contributed by atoms with Crippen molar-refractivity contribution < 1.29 is 14.7 Å². The number of rotatable bonds is 7. The second-order valence-corrected chi connectivity index (χ2v) is 7.00. The van der Waals surface area contributed by atoms with Crippen molar-refractivity contribution in [2.24, 2.45) is 11.1 Å². The summed E-state index contributed by atoms with van der Waals surface area (Å²) in [6.07, 6.45) is 1.64. The molecule has 0 bridgehead atoms. The molecule has 0 aromatic heterocycles. The zero-order valence-electron chi connectivity index (χ0n) is 15.1. The van der Waals surface area contributed by atoms with Crippen molar-refractivity contribution in [2.75, 3.05) is 26.2 Å².